The topological polar surface area (TPSA) is 113 Å². The molecule has 6 bridgehead atoms. The van der Waals surface area contributed by atoms with E-state index < -0.39 is 35.6 Å². The van der Waals surface area contributed by atoms with Crippen molar-refractivity contribution in [3.63, 3.8) is 0 Å². The second-order valence-electron chi connectivity index (χ2n) is 13.0. The van der Waals surface area contributed by atoms with Gasteiger partial charge < -0.3 is 24.8 Å². The molecule has 8 rings (SSSR count). The van der Waals surface area contributed by atoms with Gasteiger partial charge in [0, 0.05) is 37.3 Å². The van der Waals surface area contributed by atoms with Crippen LogP contribution in [0.25, 0.3) is 32.9 Å². The summed E-state index contributed by atoms with van der Waals surface area (Å²) in [6, 6.07) is 5.03. The van der Waals surface area contributed by atoms with Crippen molar-refractivity contribution < 1.29 is 36.9 Å². The predicted octanol–water partition coefficient (Wildman–Crippen LogP) is 5.23. The highest BCUT2D eigenvalue weighted by Crippen LogP contribution is 2.40. The molecule has 0 saturated carbocycles. The number of hydrogen-bond acceptors (Lipinski definition) is 9. The van der Waals surface area contributed by atoms with Crippen LogP contribution >= 0.6 is 0 Å². The number of anilines is 1. The third kappa shape index (κ3) is 5.94. The number of phenolic OH excluding ortho intramolecular Hbond substituents is 1. The van der Waals surface area contributed by atoms with Gasteiger partial charge in [-0.3, -0.25) is 9.88 Å². The lowest BCUT2D eigenvalue weighted by atomic mass is 9.90. The lowest BCUT2D eigenvalue weighted by Gasteiger charge is -2.42. The minimum Gasteiger partial charge on any atom is -0.508 e. The van der Waals surface area contributed by atoms with Crippen molar-refractivity contribution in [2.24, 2.45) is 0 Å². The summed E-state index contributed by atoms with van der Waals surface area (Å²) in [5.41, 5.74) is -1.11. The number of rotatable bonds is 3. The third-order valence-electron chi connectivity index (χ3n) is 9.23. The zero-order valence-corrected chi connectivity index (χ0v) is 25.9. The number of amides is 1. The van der Waals surface area contributed by atoms with Crippen molar-refractivity contribution in [3.8, 4) is 23.0 Å². The van der Waals surface area contributed by atoms with Gasteiger partial charge in [0.1, 0.15) is 47.5 Å². The molecule has 2 fully saturated rings. The highest BCUT2D eigenvalue weighted by Gasteiger charge is 2.40. The number of halogens is 4. The molecule has 2 aromatic carbocycles. The molecule has 1 amide bonds. The molecule has 4 aliphatic heterocycles. The van der Waals surface area contributed by atoms with E-state index >= 15 is 13.2 Å². The quantitative estimate of drug-likeness (QED) is 0.287. The molecule has 0 radical (unpaired) electrons. The molecule has 4 atom stereocenters. The number of nitrogens with one attached hydrogen (secondary N) is 1. The highest BCUT2D eigenvalue weighted by molar-refractivity contribution is 6.01. The number of likely N-dealkylation sites (tertiary alicyclic amines) is 1. The number of hydrogen-bond donors (Lipinski definition) is 2. The lowest BCUT2D eigenvalue weighted by molar-refractivity contribution is 0.120. The molecular weight excluding hydrogens is 620 g/mol. The highest BCUT2D eigenvalue weighted by atomic mass is 19.1. The van der Waals surface area contributed by atoms with Gasteiger partial charge in [-0.15, -0.1) is 0 Å². The number of aryl methyl sites for hydroxylation is 1. The molecule has 0 spiro atoms. The Balaban J connectivity index is 1.44. The van der Waals surface area contributed by atoms with E-state index in [1.165, 1.54) is 30.5 Å². The van der Waals surface area contributed by atoms with Gasteiger partial charge in [-0.1, -0.05) is 6.07 Å². The molecule has 2 N–H and O–H groups in total. The van der Waals surface area contributed by atoms with E-state index in [9.17, 15) is 14.3 Å². The molecule has 4 aromatic rings. The zero-order chi connectivity index (χ0) is 33.0. The Kier molecular flexibility index (Phi) is 7.93. The number of nitrogens with zero attached hydrogens (tertiary/aromatic N) is 5. The molecular formula is C33H34F4N6O4. The number of aromatic nitrogens is 3. The third-order valence-corrected chi connectivity index (χ3v) is 9.23. The summed E-state index contributed by atoms with van der Waals surface area (Å²) in [6.45, 7) is 1.88. The van der Waals surface area contributed by atoms with Crippen LogP contribution in [0.15, 0.2) is 30.5 Å². The fourth-order valence-corrected chi connectivity index (χ4v) is 7.11. The number of carbonyl (C=O) groups is 1. The molecule has 4 aliphatic rings. The molecule has 14 heteroatoms. The summed E-state index contributed by atoms with van der Waals surface area (Å²) in [7, 11) is 1.78. The van der Waals surface area contributed by atoms with Crippen LogP contribution in [0.4, 0.5) is 28.2 Å². The van der Waals surface area contributed by atoms with Crippen molar-refractivity contribution in [2.45, 2.75) is 56.5 Å². The van der Waals surface area contributed by atoms with Crippen molar-refractivity contribution in [1.29, 1.82) is 0 Å². The summed E-state index contributed by atoms with van der Waals surface area (Å²) < 4.78 is 73.0. The smallest absolute Gasteiger partial charge is 0.407 e. The first-order valence-corrected chi connectivity index (χ1v) is 15.6. The number of alkyl halides is 2. The minimum absolute atomic E-state index is 0.00778. The Morgan fingerprint density at radius 1 is 1.17 bits per heavy atom. The number of benzene rings is 2. The first-order valence-electron chi connectivity index (χ1n) is 15.6. The minimum atomic E-state index is -1.39. The van der Waals surface area contributed by atoms with Gasteiger partial charge in [-0.05, 0) is 67.8 Å². The van der Waals surface area contributed by atoms with Crippen LogP contribution in [0.5, 0.6) is 11.8 Å². The first kappa shape index (κ1) is 31.2. The molecule has 0 aliphatic carbocycles. The van der Waals surface area contributed by atoms with E-state index in [0.717, 1.165) is 0 Å². The Hall–Kier alpha value is -4.46. The van der Waals surface area contributed by atoms with Gasteiger partial charge in [-0.25, -0.2) is 22.4 Å². The van der Waals surface area contributed by atoms with E-state index in [0.29, 0.717) is 10.8 Å². The fraction of sp³-hybridized carbons (Fsp3) is 0.455. The maximum Gasteiger partial charge on any atom is 0.407 e. The molecule has 2 aromatic heterocycles. The van der Waals surface area contributed by atoms with Crippen molar-refractivity contribution in [2.75, 3.05) is 44.8 Å². The lowest BCUT2D eigenvalue weighted by Crippen LogP contribution is -2.60. The summed E-state index contributed by atoms with van der Waals surface area (Å²) in [5.74, 6) is -1.48. The van der Waals surface area contributed by atoms with Crippen LogP contribution in [0.1, 0.15) is 31.7 Å². The van der Waals surface area contributed by atoms with Crippen LogP contribution in [0.2, 0.25) is 0 Å². The Morgan fingerprint density at radius 3 is 2.79 bits per heavy atom. The van der Waals surface area contributed by atoms with Crippen molar-refractivity contribution in [1.82, 2.24) is 25.2 Å². The number of likely N-dealkylation sites (N-methyl/N-ethyl adjacent to an activating group) is 1. The normalized spacial score (nSPS) is 25.3. The number of pyridine rings is 1. The van der Waals surface area contributed by atoms with E-state index in [4.69, 9.17) is 9.47 Å². The van der Waals surface area contributed by atoms with Crippen molar-refractivity contribution in [3.05, 3.63) is 47.7 Å². The average molecular weight is 655 g/mol. The van der Waals surface area contributed by atoms with Crippen LogP contribution < -0.4 is 15.0 Å². The second kappa shape index (κ2) is 12.0. The van der Waals surface area contributed by atoms with Crippen LogP contribution in [-0.2, 0) is 11.2 Å². The van der Waals surface area contributed by atoms with Crippen LogP contribution in [-0.4, -0.2) is 94.9 Å². The zero-order valence-electron chi connectivity index (χ0n) is 25.9. The molecule has 6 heterocycles. The Labute approximate surface area is 267 Å². The Bertz CT molecular complexity index is 1880. The molecule has 2 saturated heterocycles. The summed E-state index contributed by atoms with van der Waals surface area (Å²) in [5, 5.41) is 14.3. The van der Waals surface area contributed by atoms with Gasteiger partial charge in [0.15, 0.2) is 5.82 Å². The molecule has 10 nitrogen and oxygen atoms in total. The van der Waals surface area contributed by atoms with E-state index in [1.54, 1.807) is 18.9 Å². The predicted molar refractivity (Wildman–Crippen MR) is 166 cm³/mol. The number of ether oxygens (including phenoxy) is 2. The van der Waals surface area contributed by atoms with Crippen LogP contribution in [0.3, 0.4) is 0 Å². The van der Waals surface area contributed by atoms with Gasteiger partial charge in [0.25, 0.3) is 0 Å². The van der Waals surface area contributed by atoms with Gasteiger partial charge in [-0.2, -0.15) is 9.97 Å². The van der Waals surface area contributed by atoms with Gasteiger partial charge in [0.05, 0.1) is 24.1 Å². The summed E-state index contributed by atoms with van der Waals surface area (Å²) in [4.78, 5) is 29.7. The standard InChI is InChI=1S/C33H34F4N6O4/c1-33-11-19(35)14-43(16-33)30-24-12-38-28(27(37)29(24)39-31(40-30)47-15-20-9-18(34)13-42(20)2)23-10-21(44)8-17-5-6-25(36)22(26(17)23)4-3-7-46-32(45)41-33/h5-6,8,10,12,18-20,44H,3-4,7,9,11,13-16H2,1-2H3,(H,41,45)/t18-,19+,20?,33+/m0/s1. The fourth-order valence-electron chi connectivity index (χ4n) is 7.11. The monoisotopic (exact) mass is 654 g/mol. The SMILES string of the molecule is CN1C[C@@H](F)CC1COc1nc2c3cnc(c(F)c3n1)-c1cc(O)cc3ccc(F)c(c13)CCCOC(=O)N[C@]1(C)C[C@@H](F)CN2C1. The van der Waals surface area contributed by atoms with Crippen molar-refractivity contribution >= 4 is 33.6 Å². The number of alkyl carbamates (subject to hydrolysis) is 1. The maximum atomic E-state index is 16.8. The van der Waals surface area contributed by atoms with E-state index in [-0.39, 0.29) is 110 Å². The van der Waals surface area contributed by atoms with E-state index in [2.05, 4.69) is 20.3 Å². The number of phenols is 1. The number of aromatic hydroxyl groups is 1. The molecule has 1 unspecified atom stereocenters. The van der Waals surface area contributed by atoms with E-state index in [1.807, 2.05) is 4.90 Å². The number of carbonyl (C=O) groups excluding carboxylic acids is 1. The maximum absolute atomic E-state index is 16.8. The molecule has 248 valence electrons. The largest absolute Gasteiger partial charge is 0.508 e. The van der Waals surface area contributed by atoms with Gasteiger partial charge in [0.2, 0.25) is 0 Å². The molecule has 47 heavy (non-hydrogen) atoms. The second-order valence-corrected chi connectivity index (χ2v) is 13.0. The summed E-state index contributed by atoms with van der Waals surface area (Å²) in [6.07, 6.45) is -1.20. The first-order chi connectivity index (χ1) is 22.5. The number of piperidine rings is 1. The average Bonchev–Trinajstić information content (AvgIpc) is 3.34. The Morgan fingerprint density at radius 2 is 2.00 bits per heavy atom. The number of fused-ring (bicyclic) bond motifs is 6. The van der Waals surface area contributed by atoms with Gasteiger partial charge >= 0.3 is 12.1 Å². The summed E-state index contributed by atoms with van der Waals surface area (Å²) >= 11 is 0. The van der Waals surface area contributed by atoms with Crippen LogP contribution in [0, 0.1) is 11.6 Å².